The Morgan fingerprint density at radius 1 is 1.10 bits per heavy atom. The van der Waals surface area contributed by atoms with Crippen molar-refractivity contribution in [2.75, 3.05) is 13.2 Å². The molecule has 0 spiro atoms. The van der Waals surface area contributed by atoms with Gasteiger partial charge in [0.2, 0.25) is 10.0 Å². The van der Waals surface area contributed by atoms with Crippen LogP contribution in [0.25, 0.3) is 0 Å². The van der Waals surface area contributed by atoms with E-state index in [9.17, 15) is 18.5 Å². The highest BCUT2D eigenvalue weighted by Crippen LogP contribution is 2.30. The summed E-state index contributed by atoms with van der Waals surface area (Å²) in [5.41, 5.74) is 0.0633. The minimum Gasteiger partial charge on any atom is -0.441 e. The topological polar surface area (TPSA) is 127 Å². The monoisotopic (exact) mass is 435 g/mol. The molecule has 1 aromatic carbocycles. The van der Waals surface area contributed by atoms with E-state index in [1.807, 2.05) is 6.07 Å². The van der Waals surface area contributed by atoms with Gasteiger partial charge in [-0.3, -0.25) is 0 Å². The Bertz CT molecular complexity index is 925. The number of nitriles is 1. The summed E-state index contributed by atoms with van der Waals surface area (Å²) in [4.78, 5) is 12.1. The smallest absolute Gasteiger partial charge is 0.407 e. The molecule has 10 heteroatoms. The molecule has 2 saturated heterocycles. The molecule has 162 valence electrons. The van der Waals surface area contributed by atoms with Gasteiger partial charge in [0, 0.05) is 6.04 Å². The molecule has 0 bridgehead atoms. The number of sulfonamides is 1. The highest BCUT2D eigenvalue weighted by molar-refractivity contribution is 7.89. The van der Waals surface area contributed by atoms with E-state index in [4.69, 9.17) is 14.2 Å². The average molecular weight is 436 g/mol. The number of carbonyl (C=O) groups excluding carboxylic acids is 1. The van der Waals surface area contributed by atoms with Crippen molar-refractivity contribution >= 4 is 16.1 Å². The van der Waals surface area contributed by atoms with Crippen molar-refractivity contribution in [3.8, 4) is 6.07 Å². The second-order valence-corrected chi connectivity index (χ2v) is 9.54. The van der Waals surface area contributed by atoms with Gasteiger partial charge >= 0.3 is 6.09 Å². The third-order valence-electron chi connectivity index (χ3n) is 5.80. The third-order valence-corrected chi connectivity index (χ3v) is 7.35. The molecular weight excluding hydrogens is 410 g/mol. The lowest BCUT2D eigenvalue weighted by molar-refractivity contribution is 0.00281. The number of benzene rings is 1. The molecule has 1 amide bonds. The lowest BCUT2D eigenvalue weighted by Crippen LogP contribution is -2.45. The molecule has 1 aliphatic carbocycles. The van der Waals surface area contributed by atoms with Crippen LogP contribution in [-0.2, 0) is 24.2 Å². The molecule has 1 aromatic rings. The Kier molecular flexibility index (Phi) is 6.24. The number of nitrogens with one attached hydrogen (secondary N) is 2. The van der Waals surface area contributed by atoms with Crippen LogP contribution in [0.1, 0.15) is 37.7 Å². The Morgan fingerprint density at radius 2 is 1.83 bits per heavy atom. The predicted molar refractivity (Wildman–Crippen MR) is 105 cm³/mol. The molecule has 0 aromatic heterocycles. The Morgan fingerprint density at radius 3 is 2.60 bits per heavy atom. The molecule has 3 aliphatic rings. The van der Waals surface area contributed by atoms with E-state index >= 15 is 0 Å². The van der Waals surface area contributed by atoms with Crippen molar-refractivity contribution in [3.63, 3.8) is 0 Å². The van der Waals surface area contributed by atoms with Gasteiger partial charge in [0.25, 0.3) is 0 Å². The molecule has 2 aliphatic heterocycles. The number of amides is 1. The van der Waals surface area contributed by atoms with Crippen molar-refractivity contribution in [3.05, 3.63) is 29.8 Å². The lowest BCUT2D eigenvalue weighted by atomic mass is 9.96. The largest absolute Gasteiger partial charge is 0.441 e. The van der Waals surface area contributed by atoms with Crippen molar-refractivity contribution in [1.29, 1.82) is 5.26 Å². The maximum Gasteiger partial charge on any atom is 0.407 e. The summed E-state index contributed by atoms with van der Waals surface area (Å²) in [5, 5.41) is 12.1. The van der Waals surface area contributed by atoms with Crippen LogP contribution in [0, 0.1) is 11.3 Å². The number of hydrogen-bond donors (Lipinski definition) is 2. The summed E-state index contributed by atoms with van der Waals surface area (Å²) in [5.74, 6) is 0. The lowest BCUT2D eigenvalue weighted by Gasteiger charge is -2.24. The van der Waals surface area contributed by atoms with Crippen LogP contribution in [0.4, 0.5) is 4.79 Å². The first-order chi connectivity index (χ1) is 14.5. The molecular formula is C20H25N3O6S. The standard InChI is InChI=1S/C20H25N3O6S/c21-10-13-6-4-5-9-17(13)30(25,26)23-15-11-27-19-16(12-28-18(15)19)29-20(24)22-14-7-2-1-3-8-14/h4-6,9,14-16,18-19,23H,1-3,7-8,11-12H2,(H,22,24). The van der Waals surface area contributed by atoms with Crippen molar-refractivity contribution in [1.82, 2.24) is 10.0 Å². The van der Waals surface area contributed by atoms with E-state index in [0.29, 0.717) is 0 Å². The fourth-order valence-corrected chi connectivity index (χ4v) is 5.70. The van der Waals surface area contributed by atoms with Crippen LogP contribution in [-0.4, -0.2) is 58.1 Å². The highest BCUT2D eigenvalue weighted by atomic mass is 32.2. The number of hydrogen-bond acceptors (Lipinski definition) is 7. The number of nitrogens with zero attached hydrogens (tertiary/aromatic N) is 1. The minimum atomic E-state index is -3.94. The molecule has 2 N–H and O–H groups in total. The van der Waals surface area contributed by atoms with Gasteiger partial charge in [0.15, 0.2) is 6.10 Å². The second-order valence-electron chi connectivity index (χ2n) is 7.85. The maximum atomic E-state index is 12.8. The summed E-state index contributed by atoms with van der Waals surface area (Å²) in [6, 6.07) is 7.38. The molecule has 4 atom stereocenters. The van der Waals surface area contributed by atoms with Gasteiger partial charge < -0.3 is 19.5 Å². The fraction of sp³-hybridized carbons (Fsp3) is 0.600. The van der Waals surface area contributed by atoms with E-state index in [1.165, 1.54) is 18.6 Å². The van der Waals surface area contributed by atoms with Crippen LogP contribution < -0.4 is 10.0 Å². The Balaban J connectivity index is 1.36. The molecule has 1 saturated carbocycles. The number of carbonyl (C=O) groups is 1. The molecule has 0 radical (unpaired) electrons. The van der Waals surface area contributed by atoms with Crippen molar-refractivity contribution in [2.45, 2.75) is 67.4 Å². The predicted octanol–water partition coefficient (Wildman–Crippen LogP) is 1.43. The number of fused-ring (bicyclic) bond motifs is 1. The number of alkyl carbamates (subject to hydrolysis) is 1. The minimum absolute atomic E-state index is 0.0633. The first-order valence-corrected chi connectivity index (χ1v) is 11.7. The van der Waals surface area contributed by atoms with E-state index in [1.54, 1.807) is 12.1 Å². The molecule has 4 unspecified atom stereocenters. The summed E-state index contributed by atoms with van der Waals surface area (Å²) in [6.45, 7) is 0.230. The Hall–Kier alpha value is -2.19. The molecule has 9 nitrogen and oxygen atoms in total. The quantitative estimate of drug-likeness (QED) is 0.716. The zero-order valence-corrected chi connectivity index (χ0v) is 17.3. The summed E-state index contributed by atoms with van der Waals surface area (Å²) >= 11 is 0. The first-order valence-electron chi connectivity index (χ1n) is 10.2. The van der Waals surface area contributed by atoms with E-state index < -0.39 is 40.5 Å². The molecule has 4 rings (SSSR count). The SMILES string of the molecule is N#Cc1ccccc1S(=O)(=O)NC1COC2C(OC(=O)NC3CCCCC3)COC12. The van der Waals surface area contributed by atoms with E-state index in [-0.39, 0.29) is 29.7 Å². The number of rotatable bonds is 5. The van der Waals surface area contributed by atoms with Crippen LogP contribution in [0.3, 0.4) is 0 Å². The first kappa shape index (κ1) is 21.1. The fourth-order valence-electron chi connectivity index (χ4n) is 4.31. The van der Waals surface area contributed by atoms with Gasteiger partial charge in [-0.2, -0.15) is 5.26 Å². The van der Waals surface area contributed by atoms with Gasteiger partial charge in [0.05, 0.1) is 29.7 Å². The normalized spacial score (nSPS) is 29.2. The molecule has 30 heavy (non-hydrogen) atoms. The van der Waals surface area contributed by atoms with Gasteiger partial charge in [-0.1, -0.05) is 31.4 Å². The van der Waals surface area contributed by atoms with Crippen LogP contribution in [0.2, 0.25) is 0 Å². The van der Waals surface area contributed by atoms with E-state index in [0.717, 1.165) is 25.7 Å². The van der Waals surface area contributed by atoms with Crippen molar-refractivity contribution < 1.29 is 27.4 Å². The molecule has 3 fully saturated rings. The zero-order valence-electron chi connectivity index (χ0n) is 16.5. The number of ether oxygens (including phenoxy) is 3. The van der Waals surface area contributed by atoms with Crippen LogP contribution in [0.15, 0.2) is 29.2 Å². The highest BCUT2D eigenvalue weighted by Gasteiger charge is 2.50. The van der Waals surface area contributed by atoms with Crippen LogP contribution >= 0.6 is 0 Å². The summed E-state index contributed by atoms with van der Waals surface area (Å²) < 4.78 is 45.0. The van der Waals surface area contributed by atoms with E-state index in [2.05, 4.69) is 10.0 Å². The second kappa shape index (κ2) is 8.89. The van der Waals surface area contributed by atoms with Gasteiger partial charge in [-0.15, -0.1) is 0 Å². The van der Waals surface area contributed by atoms with Gasteiger partial charge in [0.1, 0.15) is 18.3 Å². The Labute approximate surface area is 175 Å². The third kappa shape index (κ3) is 4.44. The van der Waals surface area contributed by atoms with Gasteiger partial charge in [-0.25, -0.2) is 17.9 Å². The van der Waals surface area contributed by atoms with Crippen LogP contribution in [0.5, 0.6) is 0 Å². The molecule has 2 heterocycles. The maximum absolute atomic E-state index is 12.8. The van der Waals surface area contributed by atoms with Crippen molar-refractivity contribution in [2.24, 2.45) is 0 Å². The average Bonchev–Trinajstić information content (AvgIpc) is 3.32. The van der Waals surface area contributed by atoms with Gasteiger partial charge in [-0.05, 0) is 25.0 Å². The summed E-state index contributed by atoms with van der Waals surface area (Å²) in [6.07, 6.45) is 3.09. The zero-order chi connectivity index (χ0) is 21.1. The summed E-state index contributed by atoms with van der Waals surface area (Å²) in [7, 11) is -3.94.